The summed E-state index contributed by atoms with van der Waals surface area (Å²) >= 11 is 1.82. The lowest BCUT2D eigenvalue weighted by Crippen LogP contribution is -2.11. The Kier molecular flexibility index (Phi) is 6.43. The van der Waals surface area contributed by atoms with E-state index in [9.17, 15) is 4.79 Å². The summed E-state index contributed by atoms with van der Waals surface area (Å²) in [5.74, 6) is 1.75. The van der Waals surface area contributed by atoms with Crippen molar-refractivity contribution in [2.24, 2.45) is 0 Å². The molecule has 19 heavy (non-hydrogen) atoms. The Bertz CT molecular complexity index is 425. The summed E-state index contributed by atoms with van der Waals surface area (Å²) < 4.78 is 5.72. The summed E-state index contributed by atoms with van der Waals surface area (Å²) in [6, 6.07) is 5.82. The van der Waals surface area contributed by atoms with Crippen molar-refractivity contribution in [2.45, 2.75) is 52.4 Å². The molecule has 0 spiro atoms. The number of rotatable bonds is 7. The van der Waals surface area contributed by atoms with Gasteiger partial charge in [0.1, 0.15) is 5.75 Å². The molecule has 0 heterocycles. The number of Topliss-reactive ketones (excluding diaryl/α,β-unsaturated/α-hetero) is 1. The van der Waals surface area contributed by atoms with Crippen molar-refractivity contribution in [1.29, 1.82) is 0 Å². The maximum atomic E-state index is 12.3. The van der Waals surface area contributed by atoms with Crippen molar-refractivity contribution in [1.82, 2.24) is 0 Å². The highest BCUT2D eigenvalue weighted by Crippen LogP contribution is 2.24. The normalized spacial score (nSPS) is 11.1. The van der Waals surface area contributed by atoms with E-state index >= 15 is 0 Å². The number of hydrogen-bond acceptors (Lipinski definition) is 3. The van der Waals surface area contributed by atoms with Crippen LogP contribution < -0.4 is 4.74 Å². The SMILES string of the molecule is Cc1ccc(OC(C)C)c(C(=O)CCSC(C)C)c1. The largest absolute Gasteiger partial charge is 0.490 e. The molecule has 0 saturated heterocycles. The Morgan fingerprint density at radius 1 is 1.26 bits per heavy atom. The van der Waals surface area contributed by atoms with Crippen LogP contribution in [0.15, 0.2) is 18.2 Å². The van der Waals surface area contributed by atoms with Gasteiger partial charge in [-0.05, 0) is 38.2 Å². The predicted octanol–water partition coefficient (Wildman–Crippen LogP) is 4.50. The van der Waals surface area contributed by atoms with Crippen molar-refractivity contribution in [3.05, 3.63) is 29.3 Å². The number of aryl methyl sites for hydroxylation is 1. The summed E-state index contributed by atoms with van der Waals surface area (Å²) in [6.45, 7) is 10.2. The lowest BCUT2D eigenvalue weighted by atomic mass is 10.0. The van der Waals surface area contributed by atoms with Gasteiger partial charge in [-0.25, -0.2) is 0 Å². The van der Waals surface area contributed by atoms with Gasteiger partial charge in [-0.3, -0.25) is 4.79 Å². The zero-order valence-corrected chi connectivity index (χ0v) is 13.3. The fourth-order valence-corrected chi connectivity index (χ4v) is 2.52. The van der Waals surface area contributed by atoms with E-state index in [1.165, 1.54) is 0 Å². The number of ketones is 1. The van der Waals surface area contributed by atoms with Gasteiger partial charge in [0.25, 0.3) is 0 Å². The minimum atomic E-state index is 0.0827. The molecule has 0 aliphatic carbocycles. The third kappa shape index (κ3) is 5.68. The van der Waals surface area contributed by atoms with Crippen LogP contribution >= 0.6 is 11.8 Å². The molecule has 0 aliphatic rings. The van der Waals surface area contributed by atoms with E-state index < -0.39 is 0 Å². The molecule has 0 N–H and O–H groups in total. The standard InChI is InChI=1S/C16H24O2S/c1-11(2)18-16-7-6-13(5)10-14(16)15(17)8-9-19-12(3)4/h6-7,10-12H,8-9H2,1-5H3. The third-order valence-electron chi connectivity index (χ3n) is 2.58. The molecule has 2 nitrogen and oxygen atoms in total. The molecule has 0 amide bonds. The maximum absolute atomic E-state index is 12.3. The van der Waals surface area contributed by atoms with Crippen molar-refractivity contribution < 1.29 is 9.53 Å². The van der Waals surface area contributed by atoms with Crippen LogP contribution in [-0.2, 0) is 0 Å². The van der Waals surface area contributed by atoms with Gasteiger partial charge in [-0.1, -0.05) is 25.5 Å². The molecule has 3 heteroatoms. The molecule has 1 rings (SSSR count). The summed E-state index contributed by atoms with van der Waals surface area (Å²) in [5, 5.41) is 0.566. The first-order chi connectivity index (χ1) is 8.90. The topological polar surface area (TPSA) is 26.3 Å². The molecule has 0 aromatic heterocycles. The molecule has 1 aromatic carbocycles. The number of hydrogen-bond donors (Lipinski definition) is 0. The van der Waals surface area contributed by atoms with Crippen LogP contribution in [0.4, 0.5) is 0 Å². The van der Waals surface area contributed by atoms with Gasteiger partial charge in [-0.2, -0.15) is 11.8 Å². The summed E-state index contributed by atoms with van der Waals surface area (Å²) in [6.07, 6.45) is 0.653. The van der Waals surface area contributed by atoms with E-state index in [2.05, 4.69) is 13.8 Å². The van der Waals surface area contributed by atoms with E-state index in [-0.39, 0.29) is 11.9 Å². The highest BCUT2D eigenvalue weighted by molar-refractivity contribution is 7.99. The Balaban J connectivity index is 2.78. The first kappa shape index (κ1) is 16.1. The van der Waals surface area contributed by atoms with E-state index in [0.717, 1.165) is 16.9 Å². The van der Waals surface area contributed by atoms with Gasteiger partial charge in [0.15, 0.2) is 5.78 Å². The monoisotopic (exact) mass is 280 g/mol. The van der Waals surface area contributed by atoms with Crippen molar-refractivity contribution in [3.63, 3.8) is 0 Å². The van der Waals surface area contributed by atoms with Gasteiger partial charge in [0, 0.05) is 12.2 Å². The highest BCUT2D eigenvalue weighted by Gasteiger charge is 2.14. The molecule has 1 aromatic rings. The second-order valence-electron chi connectivity index (χ2n) is 5.26. The van der Waals surface area contributed by atoms with Crippen LogP contribution in [0.25, 0.3) is 0 Å². The maximum Gasteiger partial charge on any atom is 0.167 e. The van der Waals surface area contributed by atoms with E-state index in [1.54, 1.807) is 0 Å². The minimum Gasteiger partial charge on any atom is -0.490 e. The summed E-state index contributed by atoms with van der Waals surface area (Å²) in [7, 11) is 0. The van der Waals surface area contributed by atoms with Crippen molar-refractivity contribution in [2.75, 3.05) is 5.75 Å². The number of ether oxygens (including phenoxy) is 1. The quantitative estimate of drug-likeness (QED) is 0.688. The number of carbonyl (C=O) groups is 1. The molecular weight excluding hydrogens is 256 g/mol. The van der Waals surface area contributed by atoms with Gasteiger partial charge >= 0.3 is 0 Å². The van der Waals surface area contributed by atoms with Crippen LogP contribution in [0.2, 0.25) is 0 Å². The van der Waals surface area contributed by atoms with Crippen LogP contribution in [-0.4, -0.2) is 22.9 Å². The van der Waals surface area contributed by atoms with Gasteiger partial charge in [0.05, 0.1) is 11.7 Å². The highest BCUT2D eigenvalue weighted by atomic mass is 32.2. The second kappa shape index (κ2) is 7.59. The van der Waals surface area contributed by atoms with Crippen LogP contribution in [0.5, 0.6) is 5.75 Å². The van der Waals surface area contributed by atoms with Gasteiger partial charge in [-0.15, -0.1) is 0 Å². The smallest absolute Gasteiger partial charge is 0.167 e. The lowest BCUT2D eigenvalue weighted by molar-refractivity contribution is 0.0983. The fraction of sp³-hybridized carbons (Fsp3) is 0.562. The van der Waals surface area contributed by atoms with Crippen LogP contribution in [0.1, 0.15) is 50.0 Å². The Hall–Kier alpha value is -0.960. The zero-order chi connectivity index (χ0) is 14.4. The molecule has 0 fully saturated rings. The predicted molar refractivity (Wildman–Crippen MR) is 83.5 cm³/mol. The number of thioether (sulfide) groups is 1. The zero-order valence-electron chi connectivity index (χ0n) is 12.5. The Morgan fingerprint density at radius 3 is 2.53 bits per heavy atom. The number of carbonyl (C=O) groups excluding carboxylic acids is 1. The van der Waals surface area contributed by atoms with Gasteiger partial charge < -0.3 is 4.74 Å². The molecule has 106 valence electrons. The van der Waals surface area contributed by atoms with Crippen LogP contribution in [0.3, 0.4) is 0 Å². The molecule has 0 bridgehead atoms. The van der Waals surface area contributed by atoms with Crippen LogP contribution in [0, 0.1) is 6.92 Å². The van der Waals surface area contributed by atoms with E-state index in [1.807, 2.05) is 50.7 Å². The first-order valence-electron chi connectivity index (χ1n) is 6.82. The molecule has 0 radical (unpaired) electrons. The molecule has 0 atom stereocenters. The summed E-state index contributed by atoms with van der Waals surface area (Å²) in [5.41, 5.74) is 1.81. The Morgan fingerprint density at radius 2 is 1.95 bits per heavy atom. The molecule has 0 unspecified atom stereocenters. The third-order valence-corrected chi connectivity index (χ3v) is 3.68. The minimum absolute atomic E-state index is 0.0827. The van der Waals surface area contributed by atoms with Gasteiger partial charge in [0.2, 0.25) is 0 Å². The Labute approximate surface area is 120 Å². The molecular formula is C16H24O2S. The van der Waals surface area contributed by atoms with E-state index in [0.29, 0.717) is 17.4 Å². The fourth-order valence-electron chi connectivity index (χ4n) is 1.74. The second-order valence-corrected chi connectivity index (χ2v) is 6.94. The lowest BCUT2D eigenvalue weighted by Gasteiger charge is -2.14. The average Bonchev–Trinajstić information content (AvgIpc) is 2.30. The van der Waals surface area contributed by atoms with Crippen molar-refractivity contribution >= 4 is 17.5 Å². The number of benzene rings is 1. The molecule has 0 saturated carbocycles. The average molecular weight is 280 g/mol. The van der Waals surface area contributed by atoms with Crippen molar-refractivity contribution in [3.8, 4) is 5.75 Å². The first-order valence-corrected chi connectivity index (χ1v) is 7.87. The van der Waals surface area contributed by atoms with E-state index in [4.69, 9.17) is 4.74 Å². The summed E-state index contributed by atoms with van der Waals surface area (Å²) in [4.78, 5) is 12.3. The molecule has 0 aliphatic heterocycles.